The summed E-state index contributed by atoms with van der Waals surface area (Å²) in [5, 5.41) is 5.34. The Hall–Kier alpha value is -3.88. The molecule has 0 bridgehead atoms. The Morgan fingerprint density at radius 3 is 2.61 bits per heavy atom. The third-order valence-corrected chi connectivity index (χ3v) is 5.92. The van der Waals surface area contributed by atoms with E-state index in [-0.39, 0.29) is 18.1 Å². The van der Waals surface area contributed by atoms with Crippen molar-refractivity contribution in [3.05, 3.63) is 65.1 Å². The number of halogens is 2. The number of hydrogen-bond donors (Lipinski definition) is 0. The third-order valence-electron chi connectivity index (χ3n) is 5.92. The standard InChI is InChI=1S/C24H19F2N3O4/c25-24(26)33-18-6-4-17(5-7-18)29-22-16(11-27-28(22)12-14-1-2-14)9-19(23(29)30)15-3-8-20-21(10-15)32-13-31-20/h3-11,14,24H,1-2,12-13H2. The summed E-state index contributed by atoms with van der Waals surface area (Å²) in [7, 11) is 0. The maximum Gasteiger partial charge on any atom is 0.387 e. The number of aromatic nitrogens is 3. The summed E-state index contributed by atoms with van der Waals surface area (Å²) in [6.07, 6.45) is 4.03. The number of hydrogen-bond acceptors (Lipinski definition) is 5. The Bertz CT molecular complexity index is 1410. The van der Waals surface area contributed by atoms with Gasteiger partial charge in [-0.25, -0.2) is 4.68 Å². The first-order chi connectivity index (χ1) is 16.1. The molecule has 168 valence electrons. The molecule has 1 aliphatic heterocycles. The van der Waals surface area contributed by atoms with Crippen LogP contribution in [0.3, 0.4) is 0 Å². The van der Waals surface area contributed by atoms with E-state index in [0.717, 1.165) is 24.8 Å². The number of alkyl halides is 2. The van der Waals surface area contributed by atoms with E-state index in [4.69, 9.17) is 9.47 Å². The van der Waals surface area contributed by atoms with Crippen molar-refractivity contribution < 1.29 is 23.0 Å². The van der Waals surface area contributed by atoms with Gasteiger partial charge in [-0.3, -0.25) is 9.36 Å². The van der Waals surface area contributed by atoms with Crippen molar-refractivity contribution >= 4 is 11.0 Å². The lowest BCUT2D eigenvalue weighted by atomic mass is 10.1. The number of benzene rings is 2. The molecule has 33 heavy (non-hydrogen) atoms. The number of ether oxygens (including phenoxy) is 3. The molecule has 7 nitrogen and oxygen atoms in total. The fraction of sp³-hybridized carbons (Fsp3) is 0.250. The normalized spacial score (nSPS) is 14.9. The van der Waals surface area contributed by atoms with Gasteiger partial charge < -0.3 is 14.2 Å². The molecule has 2 aromatic carbocycles. The summed E-state index contributed by atoms with van der Waals surface area (Å²) in [6.45, 7) is -2.05. The predicted molar refractivity (Wildman–Crippen MR) is 116 cm³/mol. The molecule has 4 aromatic rings. The van der Waals surface area contributed by atoms with Crippen LogP contribution in [0, 0.1) is 5.92 Å². The molecule has 0 atom stereocenters. The van der Waals surface area contributed by atoms with Crippen LogP contribution >= 0.6 is 0 Å². The SMILES string of the molecule is O=c1c(-c2ccc3c(c2)OCO3)cc2cnn(CC3CC3)c2n1-c1ccc(OC(F)F)cc1. The Labute approximate surface area is 186 Å². The van der Waals surface area contributed by atoms with Gasteiger partial charge in [-0.1, -0.05) is 6.07 Å². The molecule has 3 heterocycles. The maximum absolute atomic E-state index is 13.8. The Kier molecular flexibility index (Phi) is 4.56. The van der Waals surface area contributed by atoms with Crippen LogP contribution in [0.1, 0.15) is 12.8 Å². The number of rotatable bonds is 6. The van der Waals surface area contributed by atoms with E-state index in [1.807, 2.05) is 16.8 Å². The second kappa shape index (κ2) is 7.61. The lowest BCUT2D eigenvalue weighted by molar-refractivity contribution is -0.0498. The first kappa shape index (κ1) is 19.8. The largest absolute Gasteiger partial charge is 0.454 e. The van der Waals surface area contributed by atoms with Gasteiger partial charge in [-0.05, 0) is 66.8 Å². The average molecular weight is 451 g/mol. The Balaban J connectivity index is 1.54. The van der Waals surface area contributed by atoms with E-state index in [1.165, 1.54) is 12.1 Å². The van der Waals surface area contributed by atoms with E-state index < -0.39 is 6.61 Å². The van der Waals surface area contributed by atoms with Gasteiger partial charge in [0.1, 0.15) is 11.4 Å². The molecule has 2 aliphatic rings. The highest BCUT2D eigenvalue weighted by Gasteiger charge is 2.25. The summed E-state index contributed by atoms with van der Waals surface area (Å²) in [5.74, 6) is 1.78. The van der Waals surface area contributed by atoms with E-state index in [2.05, 4.69) is 9.84 Å². The molecule has 0 radical (unpaired) electrons. The number of nitrogens with zero attached hydrogens (tertiary/aromatic N) is 3. The van der Waals surface area contributed by atoms with Crippen molar-refractivity contribution in [3.63, 3.8) is 0 Å². The van der Waals surface area contributed by atoms with Crippen LogP contribution < -0.4 is 19.8 Å². The molecule has 0 spiro atoms. The minimum Gasteiger partial charge on any atom is -0.454 e. The zero-order valence-electron chi connectivity index (χ0n) is 17.4. The highest BCUT2D eigenvalue weighted by molar-refractivity contribution is 5.83. The van der Waals surface area contributed by atoms with Crippen molar-refractivity contribution in [1.82, 2.24) is 14.3 Å². The number of fused-ring (bicyclic) bond motifs is 2. The smallest absolute Gasteiger partial charge is 0.387 e. The van der Waals surface area contributed by atoms with Crippen molar-refractivity contribution in [3.8, 4) is 34.1 Å². The fourth-order valence-electron chi connectivity index (χ4n) is 4.14. The molecule has 0 saturated heterocycles. The van der Waals surface area contributed by atoms with Crippen molar-refractivity contribution in [2.45, 2.75) is 26.0 Å². The first-order valence-corrected chi connectivity index (χ1v) is 10.6. The van der Waals surface area contributed by atoms with E-state index in [1.54, 1.807) is 35.0 Å². The van der Waals surface area contributed by atoms with Crippen molar-refractivity contribution in [2.75, 3.05) is 6.79 Å². The van der Waals surface area contributed by atoms with Crippen LogP contribution in [-0.4, -0.2) is 27.8 Å². The molecule has 9 heteroatoms. The molecule has 0 N–H and O–H groups in total. The van der Waals surface area contributed by atoms with Crippen molar-refractivity contribution in [1.29, 1.82) is 0 Å². The minimum absolute atomic E-state index is 0.0245. The van der Waals surface area contributed by atoms with Crippen LogP contribution in [0.4, 0.5) is 8.78 Å². The Morgan fingerprint density at radius 1 is 1.06 bits per heavy atom. The maximum atomic E-state index is 13.8. The van der Waals surface area contributed by atoms with Gasteiger partial charge in [0.05, 0.1) is 11.9 Å². The van der Waals surface area contributed by atoms with E-state index in [9.17, 15) is 13.6 Å². The summed E-state index contributed by atoms with van der Waals surface area (Å²) >= 11 is 0. The average Bonchev–Trinajstić information content (AvgIpc) is 3.34. The van der Waals surface area contributed by atoms with Crippen LogP contribution in [-0.2, 0) is 6.54 Å². The first-order valence-electron chi connectivity index (χ1n) is 10.6. The zero-order valence-corrected chi connectivity index (χ0v) is 17.4. The van der Waals surface area contributed by atoms with Gasteiger partial charge in [0.25, 0.3) is 5.56 Å². The Morgan fingerprint density at radius 2 is 1.85 bits per heavy atom. The third kappa shape index (κ3) is 3.59. The molecular weight excluding hydrogens is 432 g/mol. The van der Waals surface area contributed by atoms with Crippen LogP contribution in [0.5, 0.6) is 17.2 Å². The molecule has 1 aliphatic carbocycles. The molecule has 1 fully saturated rings. The highest BCUT2D eigenvalue weighted by atomic mass is 19.3. The van der Waals surface area contributed by atoms with Gasteiger partial charge in [0.2, 0.25) is 6.79 Å². The fourth-order valence-corrected chi connectivity index (χ4v) is 4.14. The lowest BCUT2D eigenvalue weighted by Gasteiger charge is -2.14. The molecule has 1 saturated carbocycles. The van der Waals surface area contributed by atoms with Crippen LogP contribution in [0.15, 0.2) is 59.5 Å². The number of pyridine rings is 1. The highest BCUT2D eigenvalue weighted by Crippen LogP contribution is 2.36. The second-order valence-electron chi connectivity index (χ2n) is 8.19. The van der Waals surface area contributed by atoms with Crippen LogP contribution in [0.2, 0.25) is 0 Å². The summed E-state index contributed by atoms with van der Waals surface area (Å²) in [6, 6.07) is 13.2. The molecular formula is C24H19F2N3O4. The molecule has 0 amide bonds. The molecule has 0 unspecified atom stereocenters. The summed E-state index contributed by atoms with van der Waals surface area (Å²) in [4.78, 5) is 13.8. The minimum atomic E-state index is -2.92. The monoisotopic (exact) mass is 451 g/mol. The molecule has 2 aromatic heterocycles. The van der Waals surface area contributed by atoms with Gasteiger partial charge in [0, 0.05) is 17.5 Å². The van der Waals surface area contributed by atoms with Crippen molar-refractivity contribution in [2.24, 2.45) is 5.92 Å². The topological polar surface area (TPSA) is 67.5 Å². The zero-order chi connectivity index (χ0) is 22.5. The quantitative estimate of drug-likeness (QED) is 0.429. The summed E-state index contributed by atoms with van der Waals surface area (Å²) in [5.41, 5.74) is 2.11. The predicted octanol–water partition coefficient (Wildman–Crippen LogP) is 4.59. The summed E-state index contributed by atoms with van der Waals surface area (Å²) < 4.78 is 43.9. The lowest BCUT2D eigenvalue weighted by Crippen LogP contribution is -2.22. The second-order valence-corrected chi connectivity index (χ2v) is 8.19. The van der Waals surface area contributed by atoms with Gasteiger partial charge in [-0.2, -0.15) is 13.9 Å². The molecule has 6 rings (SSSR count). The van der Waals surface area contributed by atoms with E-state index in [0.29, 0.717) is 39.9 Å². The van der Waals surface area contributed by atoms with Gasteiger partial charge >= 0.3 is 6.61 Å². The van der Waals surface area contributed by atoms with E-state index >= 15 is 0 Å². The van der Waals surface area contributed by atoms with Gasteiger partial charge in [-0.15, -0.1) is 0 Å². The van der Waals surface area contributed by atoms with Gasteiger partial charge in [0.15, 0.2) is 11.5 Å². The van der Waals surface area contributed by atoms with Crippen LogP contribution in [0.25, 0.3) is 27.8 Å².